The van der Waals surface area contributed by atoms with Crippen LogP contribution in [0.3, 0.4) is 0 Å². The third-order valence-corrected chi connectivity index (χ3v) is 3.06. The molecule has 2 rings (SSSR count). The predicted molar refractivity (Wildman–Crippen MR) is 77.8 cm³/mol. The number of aryl methyl sites for hydroxylation is 1. The van der Waals surface area contributed by atoms with Gasteiger partial charge in [-0.25, -0.2) is 4.39 Å². The van der Waals surface area contributed by atoms with Crippen molar-refractivity contribution in [1.82, 2.24) is 0 Å². The van der Waals surface area contributed by atoms with E-state index in [0.29, 0.717) is 22.9 Å². The van der Waals surface area contributed by atoms with Gasteiger partial charge in [0.1, 0.15) is 23.2 Å². The van der Waals surface area contributed by atoms with Gasteiger partial charge in [-0.1, -0.05) is 30.4 Å². The van der Waals surface area contributed by atoms with Gasteiger partial charge in [0, 0.05) is 0 Å². The molecule has 2 nitrogen and oxygen atoms in total. The molecule has 0 atom stereocenters. The first-order chi connectivity index (χ1) is 9.08. The molecule has 0 aliphatic rings. The lowest BCUT2D eigenvalue weighted by Gasteiger charge is -2.12. The number of halogens is 1. The SMILES string of the molecule is Cc1cc(F)ccc1COc1ccccc1C(N)=S. The molecule has 0 amide bonds. The smallest absolute Gasteiger partial charge is 0.129 e. The van der Waals surface area contributed by atoms with Crippen molar-refractivity contribution in [2.75, 3.05) is 0 Å². The monoisotopic (exact) mass is 275 g/mol. The first-order valence-electron chi connectivity index (χ1n) is 5.84. The molecule has 0 saturated carbocycles. The van der Waals surface area contributed by atoms with E-state index in [-0.39, 0.29) is 5.82 Å². The number of hydrogen-bond acceptors (Lipinski definition) is 2. The summed E-state index contributed by atoms with van der Waals surface area (Å²) in [7, 11) is 0. The summed E-state index contributed by atoms with van der Waals surface area (Å²) in [6.07, 6.45) is 0. The van der Waals surface area contributed by atoms with E-state index < -0.39 is 0 Å². The molecule has 2 aromatic rings. The van der Waals surface area contributed by atoms with Crippen molar-refractivity contribution in [3.8, 4) is 5.75 Å². The van der Waals surface area contributed by atoms with Crippen LogP contribution in [0.2, 0.25) is 0 Å². The van der Waals surface area contributed by atoms with E-state index in [2.05, 4.69) is 0 Å². The van der Waals surface area contributed by atoms with Crippen LogP contribution in [0.4, 0.5) is 4.39 Å². The van der Waals surface area contributed by atoms with E-state index in [1.807, 2.05) is 31.2 Å². The Morgan fingerprint density at radius 1 is 1.26 bits per heavy atom. The Balaban J connectivity index is 2.17. The normalized spacial score (nSPS) is 10.2. The van der Waals surface area contributed by atoms with Crippen LogP contribution in [-0.4, -0.2) is 4.99 Å². The molecule has 0 bridgehead atoms. The second-order valence-corrected chi connectivity index (χ2v) is 4.66. The molecule has 2 aromatic carbocycles. The third kappa shape index (κ3) is 3.29. The molecule has 0 spiro atoms. The fourth-order valence-corrected chi connectivity index (χ4v) is 1.94. The van der Waals surface area contributed by atoms with Crippen molar-refractivity contribution in [3.63, 3.8) is 0 Å². The van der Waals surface area contributed by atoms with Crippen LogP contribution in [0.1, 0.15) is 16.7 Å². The number of ether oxygens (including phenoxy) is 1. The summed E-state index contributed by atoms with van der Waals surface area (Å²) in [6, 6.07) is 12.0. The standard InChI is InChI=1S/C15H14FNOS/c1-10-8-12(16)7-6-11(10)9-18-14-5-3-2-4-13(14)15(17)19/h2-8H,9H2,1H3,(H2,17,19). The molecule has 0 aliphatic heterocycles. The van der Waals surface area contributed by atoms with Crippen LogP contribution in [0.15, 0.2) is 42.5 Å². The van der Waals surface area contributed by atoms with Gasteiger partial charge in [-0.3, -0.25) is 0 Å². The zero-order chi connectivity index (χ0) is 13.8. The van der Waals surface area contributed by atoms with Gasteiger partial charge in [0.2, 0.25) is 0 Å². The highest BCUT2D eigenvalue weighted by atomic mass is 32.1. The maximum atomic E-state index is 13.0. The van der Waals surface area contributed by atoms with Crippen LogP contribution in [0, 0.1) is 12.7 Å². The van der Waals surface area contributed by atoms with E-state index in [4.69, 9.17) is 22.7 Å². The van der Waals surface area contributed by atoms with Crippen molar-refractivity contribution in [3.05, 3.63) is 65.0 Å². The number of thiocarbonyl (C=S) groups is 1. The molecule has 0 heterocycles. The van der Waals surface area contributed by atoms with E-state index in [1.165, 1.54) is 12.1 Å². The highest BCUT2D eigenvalue weighted by Crippen LogP contribution is 2.20. The first-order valence-corrected chi connectivity index (χ1v) is 6.25. The number of nitrogens with two attached hydrogens (primary N) is 1. The van der Waals surface area contributed by atoms with Crippen LogP contribution < -0.4 is 10.5 Å². The summed E-state index contributed by atoms with van der Waals surface area (Å²) in [5, 5.41) is 0. The quantitative estimate of drug-likeness (QED) is 0.869. The fourth-order valence-electron chi connectivity index (χ4n) is 1.77. The van der Waals surface area contributed by atoms with Crippen LogP contribution in [-0.2, 0) is 6.61 Å². The molecule has 0 unspecified atom stereocenters. The second kappa shape index (κ2) is 5.80. The average Bonchev–Trinajstić information content (AvgIpc) is 2.38. The van der Waals surface area contributed by atoms with Gasteiger partial charge in [0.25, 0.3) is 0 Å². The summed E-state index contributed by atoms with van der Waals surface area (Å²) in [5.41, 5.74) is 8.13. The lowest BCUT2D eigenvalue weighted by molar-refractivity contribution is 0.304. The number of benzene rings is 2. The maximum Gasteiger partial charge on any atom is 0.129 e. The predicted octanol–water partition coefficient (Wildman–Crippen LogP) is 3.35. The highest BCUT2D eigenvalue weighted by molar-refractivity contribution is 7.80. The molecule has 0 radical (unpaired) electrons. The van der Waals surface area contributed by atoms with Crippen molar-refractivity contribution >= 4 is 17.2 Å². The molecule has 4 heteroatoms. The van der Waals surface area contributed by atoms with E-state index >= 15 is 0 Å². The topological polar surface area (TPSA) is 35.2 Å². The van der Waals surface area contributed by atoms with Crippen LogP contribution >= 0.6 is 12.2 Å². The Kier molecular flexibility index (Phi) is 4.12. The maximum absolute atomic E-state index is 13.0. The van der Waals surface area contributed by atoms with Crippen molar-refractivity contribution in [1.29, 1.82) is 0 Å². The molecule has 98 valence electrons. The molecule has 2 N–H and O–H groups in total. The van der Waals surface area contributed by atoms with E-state index in [9.17, 15) is 4.39 Å². The molecule has 0 aliphatic carbocycles. The number of hydrogen-bond donors (Lipinski definition) is 1. The number of para-hydroxylation sites is 1. The summed E-state index contributed by atoms with van der Waals surface area (Å²) < 4.78 is 18.7. The summed E-state index contributed by atoms with van der Waals surface area (Å²) in [6.45, 7) is 2.20. The zero-order valence-electron chi connectivity index (χ0n) is 10.5. The molecule has 0 aromatic heterocycles. The van der Waals surface area contributed by atoms with E-state index in [1.54, 1.807) is 6.07 Å². The van der Waals surface area contributed by atoms with Crippen LogP contribution in [0.5, 0.6) is 5.75 Å². The summed E-state index contributed by atoms with van der Waals surface area (Å²) in [5.74, 6) is 0.392. The van der Waals surface area contributed by atoms with Gasteiger partial charge < -0.3 is 10.5 Å². The van der Waals surface area contributed by atoms with Crippen molar-refractivity contribution in [2.45, 2.75) is 13.5 Å². The van der Waals surface area contributed by atoms with Gasteiger partial charge in [-0.2, -0.15) is 0 Å². The Labute approximate surface area is 117 Å². The van der Waals surface area contributed by atoms with Crippen LogP contribution in [0.25, 0.3) is 0 Å². The van der Waals surface area contributed by atoms with Gasteiger partial charge >= 0.3 is 0 Å². The average molecular weight is 275 g/mol. The summed E-state index contributed by atoms with van der Waals surface area (Å²) in [4.78, 5) is 0.298. The number of rotatable bonds is 4. The molecule has 0 fully saturated rings. The highest BCUT2D eigenvalue weighted by Gasteiger charge is 2.07. The Morgan fingerprint density at radius 2 is 2.00 bits per heavy atom. The largest absolute Gasteiger partial charge is 0.488 e. The van der Waals surface area contributed by atoms with Crippen molar-refractivity contribution < 1.29 is 9.13 Å². The Bertz CT molecular complexity index is 613. The molecule has 19 heavy (non-hydrogen) atoms. The minimum Gasteiger partial charge on any atom is -0.488 e. The third-order valence-electron chi connectivity index (χ3n) is 2.84. The molecule has 0 saturated heterocycles. The summed E-state index contributed by atoms with van der Waals surface area (Å²) >= 11 is 4.97. The lowest BCUT2D eigenvalue weighted by Crippen LogP contribution is -2.11. The van der Waals surface area contributed by atoms with Crippen molar-refractivity contribution in [2.24, 2.45) is 5.73 Å². The minimum atomic E-state index is -0.246. The molecular weight excluding hydrogens is 261 g/mol. The zero-order valence-corrected chi connectivity index (χ0v) is 11.3. The Morgan fingerprint density at radius 3 is 2.68 bits per heavy atom. The minimum absolute atomic E-state index is 0.246. The van der Waals surface area contributed by atoms with Gasteiger partial charge in [-0.15, -0.1) is 0 Å². The van der Waals surface area contributed by atoms with Gasteiger partial charge in [-0.05, 0) is 42.3 Å². The lowest BCUT2D eigenvalue weighted by atomic mass is 10.1. The second-order valence-electron chi connectivity index (χ2n) is 4.22. The fraction of sp³-hybridized carbons (Fsp3) is 0.133. The Hall–Kier alpha value is -1.94. The van der Waals surface area contributed by atoms with E-state index in [0.717, 1.165) is 11.1 Å². The molecular formula is C15H14FNOS. The first kappa shape index (κ1) is 13.5. The van der Waals surface area contributed by atoms with Gasteiger partial charge in [0.05, 0.1) is 5.56 Å². The van der Waals surface area contributed by atoms with Gasteiger partial charge in [0.15, 0.2) is 0 Å².